The van der Waals surface area contributed by atoms with E-state index in [0.717, 1.165) is 22.6 Å². The van der Waals surface area contributed by atoms with Crippen molar-refractivity contribution in [3.05, 3.63) is 52.7 Å². The van der Waals surface area contributed by atoms with Gasteiger partial charge in [0.15, 0.2) is 0 Å². The Balaban J connectivity index is 2.38. The van der Waals surface area contributed by atoms with E-state index in [0.29, 0.717) is 11.4 Å². The maximum absolute atomic E-state index is 7.48. The first-order valence-electron chi connectivity index (χ1n) is 6.04. The van der Waals surface area contributed by atoms with Gasteiger partial charge in [-0.15, -0.1) is 0 Å². The lowest BCUT2D eigenvalue weighted by atomic mass is 10.1. The Morgan fingerprint density at radius 2 is 1.95 bits per heavy atom. The predicted octanol–water partition coefficient (Wildman–Crippen LogP) is 3.08. The number of nitrogens with one attached hydrogen (secondary N) is 1. The van der Waals surface area contributed by atoms with Crippen molar-refractivity contribution in [1.29, 1.82) is 5.41 Å². The molecule has 0 unspecified atom stereocenters. The number of aryl methyl sites for hydroxylation is 2. The molecule has 19 heavy (non-hydrogen) atoms. The SMILES string of the molecule is Cc1cc(C(=N)N)cc(Oc2cccc(C)c2C)n1. The molecule has 0 saturated carbocycles. The number of aromatic nitrogens is 1. The van der Waals surface area contributed by atoms with Crippen molar-refractivity contribution in [2.75, 3.05) is 0 Å². The molecule has 4 nitrogen and oxygen atoms in total. The molecular formula is C15H17N3O. The maximum atomic E-state index is 7.48. The smallest absolute Gasteiger partial charge is 0.220 e. The average Bonchev–Trinajstić information content (AvgIpc) is 2.34. The van der Waals surface area contributed by atoms with Crippen LogP contribution in [0.3, 0.4) is 0 Å². The molecular weight excluding hydrogens is 238 g/mol. The highest BCUT2D eigenvalue weighted by Crippen LogP contribution is 2.26. The summed E-state index contributed by atoms with van der Waals surface area (Å²) in [5, 5.41) is 7.48. The third-order valence-corrected chi connectivity index (χ3v) is 3.01. The second-order valence-corrected chi connectivity index (χ2v) is 4.55. The number of hydrogen-bond donors (Lipinski definition) is 2. The van der Waals surface area contributed by atoms with Crippen LogP contribution in [0.15, 0.2) is 30.3 Å². The minimum absolute atomic E-state index is 0.0105. The lowest BCUT2D eigenvalue weighted by molar-refractivity contribution is 0.457. The van der Waals surface area contributed by atoms with E-state index in [4.69, 9.17) is 15.9 Å². The van der Waals surface area contributed by atoms with E-state index in [1.807, 2.05) is 39.0 Å². The van der Waals surface area contributed by atoms with Crippen molar-refractivity contribution >= 4 is 5.84 Å². The zero-order chi connectivity index (χ0) is 14.0. The van der Waals surface area contributed by atoms with E-state index >= 15 is 0 Å². The van der Waals surface area contributed by atoms with Crippen LogP contribution in [0.4, 0.5) is 0 Å². The number of rotatable bonds is 3. The molecule has 0 amide bonds. The normalized spacial score (nSPS) is 10.3. The van der Waals surface area contributed by atoms with Crippen LogP contribution < -0.4 is 10.5 Å². The summed E-state index contributed by atoms with van der Waals surface area (Å²) in [6.45, 7) is 5.89. The number of ether oxygens (including phenoxy) is 1. The lowest BCUT2D eigenvalue weighted by Crippen LogP contribution is -2.11. The molecule has 1 aromatic heterocycles. The molecule has 0 atom stereocenters. The molecule has 0 aliphatic heterocycles. The molecule has 0 saturated heterocycles. The van der Waals surface area contributed by atoms with Crippen molar-refractivity contribution in [3.8, 4) is 11.6 Å². The van der Waals surface area contributed by atoms with Gasteiger partial charge in [-0.3, -0.25) is 5.41 Å². The van der Waals surface area contributed by atoms with Crippen LogP contribution >= 0.6 is 0 Å². The zero-order valence-corrected chi connectivity index (χ0v) is 11.3. The van der Waals surface area contributed by atoms with Gasteiger partial charge in [0.1, 0.15) is 11.6 Å². The summed E-state index contributed by atoms with van der Waals surface area (Å²) in [4.78, 5) is 4.31. The Morgan fingerprint density at radius 3 is 2.63 bits per heavy atom. The van der Waals surface area contributed by atoms with Gasteiger partial charge in [0, 0.05) is 17.3 Å². The van der Waals surface area contributed by atoms with Crippen LogP contribution in [0.2, 0.25) is 0 Å². The molecule has 0 aliphatic carbocycles. The van der Waals surface area contributed by atoms with Gasteiger partial charge in [-0.25, -0.2) is 4.98 Å². The van der Waals surface area contributed by atoms with E-state index in [1.54, 1.807) is 12.1 Å². The summed E-state index contributed by atoms with van der Waals surface area (Å²) >= 11 is 0. The molecule has 0 bridgehead atoms. The minimum atomic E-state index is 0.0105. The molecule has 98 valence electrons. The Bertz CT molecular complexity index is 635. The van der Waals surface area contributed by atoms with E-state index in [-0.39, 0.29) is 5.84 Å². The molecule has 2 aromatic rings. The largest absolute Gasteiger partial charge is 0.439 e. The molecule has 0 spiro atoms. The van der Waals surface area contributed by atoms with Crippen molar-refractivity contribution in [2.45, 2.75) is 20.8 Å². The van der Waals surface area contributed by atoms with Crippen molar-refractivity contribution < 1.29 is 4.74 Å². The Hall–Kier alpha value is -2.36. The molecule has 1 heterocycles. The second kappa shape index (κ2) is 5.10. The maximum Gasteiger partial charge on any atom is 0.220 e. The predicted molar refractivity (Wildman–Crippen MR) is 76.0 cm³/mol. The van der Waals surface area contributed by atoms with Crippen LogP contribution in [0.1, 0.15) is 22.4 Å². The Labute approximate surface area is 112 Å². The summed E-state index contributed by atoms with van der Waals surface area (Å²) in [6, 6.07) is 9.32. The molecule has 3 N–H and O–H groups in total. The number of nitrogens with zero attached hydrogens (tertiary/aromatic N) is 1. The third kappa shape index (κ3) is 2.91. The highest BCUT2D eigenvalue weighted by Gasteiger charge is 2.07. The van der Waals surface area contributed by atoms with Crippen molar-refractivity contribution in [3.63, 3.8) is 0 Å². The Kier molecular flexibility index (Phi) is 3.51. The van der Waals surface area contributed by atoms with Crippen LogP contribution in [0.25, 0.3) is 0 Å². The molecule has 2 rings (SSSR count). The Morgan fingerprint density at radius 1 is 1.21 bits per heavy atom. The molecule has 1 aromatic carbocycles. The number of benzene rings is 1. The number of amidine groups is 1. The molecule has 0 radical (unpaired) electrons. The van der Waals surface area contributed by atoms with Crippen LogP contribution in [0.5, 0.6) is 11.6 Å². The van der Waals surface area contributed by atoms with E-state index in [1.165, 1.54) is 0 Å². The summed E-state index contributed by atoms with van der Waals surface area (Å²) in [6.07, 6.45) is 0. The van der Waals surface area contributed by atoms with E-state index in [9.17, 15) is 0 Å². The third-order valence-electron chi connectivity index (χ3n) is 3.01. The van der Waals surface area contributed by atoms with Gasteiger partial charge in [-0.1, -0.05) is 12.1 Å². The second-order valence-electron chi connectivity index (χ2n) is 4.55. The van der Waals surface area contributed by atoms with Crippen LogP contribution in [-0.2, 0) is 0 Å². The fraction of sp³-hybridized carbons (Fsp3) is 0.200. The quantitative estimate of drug-likeness (QED) is 0.654. The van der Waals surface area contributed by atoms with Gasteiger partial charge in [0.25, 0.3) is 0 Å². The highest BCUT2D eigenvalue weighted by atomic mass is 16.5. The summed E-state index contributed by atoms with van der Waals surface area (Å²) in [5.41, 5.74) is 9.13. The number of nitrogens with two attached hydrogens (primary N) is 1. The number of nitrogen functional groups attached to an aromatic ring is 1. The van der Waals surface area contributed by atoms with Crippen LogP contribution in [-0.4, -0.2) is 10.8 Å². The van der Waals surface area contributed by atoms with E-state index in [2.05, 4.69) is 4.98 Å². The summed E-state index contributed by atoms with van der Waals surface area (Å²) in [5.74, 6) is 1.24. The molecule has 0 aliphatic rings. The van der Waals surface area contributed by atoms with Gasteiger partial charge in [-0.2, -0.15) is 0 Å². The molecule has 0 fully saturated rings. The van der Waals surface area contributed by atoms with Crippen molar-refractivity contribution in [2.24, 2.45) is 5.73 Å². The van der Waals surface area contributed by atoms with Gasteiger partial charge in [0.05, 0.1) is 0 Å². The van der Waals surface area contributed by atoms with Crippen molar-refractivity contribution in [1.82, 2.24) is 4.98 Å². The molecule has 4 heteroatoms. The minimum Gasteiger partial charge on any atom is -0.439 e. The summed E-state index contributed by atoms with van der Waals surface area (Å²) < 4.78 is 5.80. The first kappa shape index (κ1) is 13.1. The summed E-state index contributed by atoms with van der Waals surface area (Å²) in [7, 11) is 0. The van der Waals surface area contributed by atoms with Gasteiger partial charge < -0.3 is 10.5 Å². The van der Waals surface area contributed by atoms with Gasteiger partial charge in [-0.05, 0) is 44.0 Å². The van der Waals surface area contributed by atoms with Gasteiger partial charge >= 0.3 is 0 Å². The fourth-order valence-electron chi connectivity index (χ4n) is 1.79. The van der Waals surface area contributed by atoms with Crippen LogP contribution in [0, 0.1) is 26.2 Å². The fourth-order valence-corrected chi connectivity index (χ4v) is 1.79. The zero-order valence-electron chi connectivity index (χ0n) is 11.3. The average molecular weight is 255 g/mol. The standard InChI is InChI=1S/C15H17N3O/c1-9-5-4-6-13(11(9)3)19-14-8-12(15(16)17)7-10(2)18-14/h4-8H,1-3H3,(H3,16,17). The first-order valence-corrected chi connectivity index (χ1v) is 6.04. The monoisotopic (exact) mass is 255 g/mol. The number of hydrogen-bond acceptors (Lipinski definition) is 3. The topological polar surface area (TPSA) is 72.0 Å². The van der Waals surface area contributed by atoms with Gasteiger partial charge in [0.2, 0.25) is 5.88 Å². The van der Waals surface area contributed by atoms with E-state index < -0.39 is 0 Å². The number of pyridine rings is 1. The highest BCUT2D eigenvalue weighted by molar-refractivity contribution is 5.95. The first-order chi connectivity index (χ1) is 8.97. The lowest BCUT2D eigenvalue weighted by Gasteiger charge is -2.11.